The maximum atomic E-state index is 13.8. The van der Waals surface area contributed by atoms with Crippen molar-refractivity contribution in [3.05, 3.63) is 97.9 Å². The highest BCUT2D eigenvalue weighted by atomic mass is 79.9. The number of aliphatic hydroxyl groups excluding tert-OH is 1. The van der Waals surface area contributed by atoms with Crippen LogP contribution in [0.1, 0.15) is 37.6 Å². The topological polar surface area (TPSA) is 51.5 Å². The fraction of sp³-hybridized carbons (Fsp3) is 0.292. The van der Waals surface area contributed by atoms with Crippen molar-refractivity contribution in [1.29, 1.82) is 0 Å². The lowest BCUT2D eigenvalue weighted by molar-refractivity contribution is 0.295. The SMILES string of the molecule is CC.CCc1cc(OCc2ccc(F)cc2F)c(Br)c(=O)n1Cc1ccccc1.CO. The molecule has 0 fully saturated rings. The molecule has 0 unspecified atom stereocenters. The van der Waals surface area contributed by atoms with Gasteiger partial charge in [0.2, 0.25) is 0 Å². The molecule has 0 radical (unpaired) electrons. The number of hydrogen-bond acceptors (Lipinski definition) is 3. The van der Waals surface area contributed by atoms with Crippen molar-refractivity contribution in [2.24, 2.45) is 0 Å². The number of nitrogens with zero attached hydrogens (tertiary/aromatic N) is 1. The summed E-state index contributed by atoms with van der Waals surface area (Å²) in [7, 11) is 1.00. The highest BCUT2D eigenvalue weighted by Gasteiger charge is 2.15. The van der Waals surface area contributed by atoms with Gasteiger partial charge in [-0.15, -0.1) is 0 Å². The number of aryl methyl sites for hydroxylation is 1. The van der Waals surface area contributed by atoms with E-state index in [1.165, 1.54) is 12.1 Å². The molecule has 168 valence electrons. The molecule has 0 saturated carbocycles. The second-order valence-corrected chi connectivity index (χ2v) is 6.86. The van der Waals surface area contributed by atoms with Crippen LogP contribution in [-0.4, -0.2) is 16.8 Å². The summed E-state index contributed by atoms with van der Waals surface area (Å²) in [5, 5.41) is 7.00. The first-order valence-electron chi connectivity index (χ1n) is 9.97. The van der Waals surface area contributed by atoms with Crippen molar-refractivity contribution < 1.29 is 18.6 Å². The first-order chi connectivity index (χ1) is 15.0. The third-order valence-corrected chi connectivity index (χ3v) is 4.97. The summed E-state index contributed by atoms with van der Waals surface area (Å²) < 4.78 is 34.4. The van der Waals surface area contributed by atoms with Gasteiger partial charge in [0.25, 0.3) is 5.56 Å². The minimum atomic E-state index is -0.681. The lowest BCUT2D eigenvalue weighted by atomic mass is 10.2. The predicted molar refractivity (Wildman–Crippen MR) is 124 cm³/mol. The number of halogens is 3. The summed E-state index contributed by atoms with van der Waals surface area (Å²) in [5.41, 5.74) is 1.83. The molecular formula is C24H28BrF2NO3. The second kappa shape index (κ2) is 13.7. The zero-order chi connectivity index (χ0) is 23.4. The van der Waals surface area contributed by atoms with Crippen molar-refractivity contribution in [3.63, 3.8) is 0 Å². The molecule has 7 heteroatoms. The predicted octanol–water partition coefficient (Wildman–Crippen LogP) is 5.71. The van der Waals surface area contributed by atoms with Crippen LogP contribution in [0.15, 0.2) is 63.9 Å². The molecule has 3 rings (SSSR count). The van der Waals surface area contributed by atoms with Gasteiger partial charge in [0.15, 0.2) is 0 Å². The molecule has 3 aromatic rings. The second-order valence-electron chi connectivity index (χ2n) is 6.07. The van der Waals surface area contributed by atoms with Gasteiger partial charge in [-0.05, 0) is 40.0 Å². The molecule has 0 aliphatic carbocycles. The zero-order valence-corrected chi connectivity index (χ0v) is 19.7. The van der Waals surface area contributed by atoms with Gasteiger partial charge in [0, 0.05) is 30.5 Å². The van der Waals surface area contributed by atoms with Crippen LogP contribution < -0.4 is 10.3 Å². The van der Waals surface area contributed by atoms with Crippen molar-refractivity contribution >= 4 is 15.9 Å². The quantitative estimate of drug-likeness (QED) is 0.476. The Labute approximate surface area is 190 Å². The molecule has 1 aromatic heterocycles. The van der Waals surface area contributed by atoms with Crippen molar-refractivity contribution in [1.82, 2.24) is 4.57 Å². The van der Waals surface area contributed by atoms with E-state index in [0.717, 1.165) is 24.4 Å². The molecule has 0 amide bonds. The average molecular weight is 496 g/mol. The fourth-order valence-electron chi connectivity index (χ4n) is 2.78. The van der Waals surface area contributed by atoms with Crippen LogP contribution in [0, 0.1) is 11.6 Å². The maximum Gasteiger partial charge on any atom is 0.269 e. The van der Waals surface area contributed by atoms with Crippen LogP contribution in [-0.2, 0) is 19.6 Å². The molecule has 0 aliphatic rings. The van der Waals surface area contributed by atoms with Crippen LogP contribution in [0.3, 0.4) is 0 Å². The zero-order valence-electron chi connectivity index (χ0n) is 18.2. The van der Waals surface area contributed by atoms with E-state index in [0.29, 0.717) is 18.7 Å². The molecule has 1 N–H and O–H groups in total. The van der Waals surface area contributed by atoms with Crippen LogP contribution in [0.25, 0.3) is 0 Å². The lowest BCUT2D eigenvalue weighted by Crippen LogP contribution is -2.25. The standard InChI is InChI=1S/C21H18BrF2NO2.C2H6.CH4O/c1-2-17-11-19(27-13-15-8-9-16(23)10-18(15)24)20(22)21(26)25(17)12-14-6-4-3-5-7-14;2*1-2/h3-11H,2,12-13H2,1H3;1-2H3;2H,1H3. The molecule has 0 saturated heterocycles. The molecule has 0 bridgehead atoms. The van der Waals surface area contributed by atoms with Gasteiger partial charge >= 0.3 is 0 Å². The Morgan fingerprint density at radius 2 is 1.68 bits per heavy atom. The number of benzene rings is 2. The van der Waals surface area contributed by atoms with Crippen molar-refractivity contribution in [3.8, 4) is 5.75 Å². The van der Waals surface area contributed by atoms with E-state index in [-0.39, 0.29) is 22.2 Å². The van der Waals surface area contributed by atoms with Gasteiger partial charge in [0.05, 0.1) is 6.54 Å². The Kier molecular flexibility index (Phi) is 11.7. The third kappa shape index (κ3) is 7.29. The Morgan fingerprint density at radius 3 is 2.26 bits per heavy atom. The molecule has 2 aromatic carbocycles. The average Bonchev–Trinajstić information content (AvgIpc) is 2.81. The molecule has 4 nitrogen and oxygen atoms in total. The Hall–Kier alpha value is -2.51. The number of pyridine rings is 1. The molecule has 0 spiro atoms. The van der Waals surface area contributed by atoms with Gasteiger partial charge in [0.1, 0.15) is 28.5 Å². The Bertz CT molecular complexity index is 1010. The van der Waals surface area contributed by atoms with Gasteiger partial charge < -0.3 is 14.4 Å². The number of rotatable bonds is 6. The Morgan fingerprint density at radius 1 is 1.03 bits per heavy atom. The molecule has 0 aliphatic heterocycles. The third-order valence-electron chi connectivity index (χ3n) is 4.24. The minimum absolute atomic E-state index is 0.101. The molecule has 31 heavy (non-hydrogen) atoms. The summed E-state index contributed by atoms with van der Waals surface area (Å²) in [6.45, 7) is 6.30. The highest BCUT2D eigenvalue weighted by molar-refractivity contribution is 9.10. The molecule has 1 heterocycles. The van der Waals surface area contributed by atoms with E-state index < -0.39 is 11.6 Å². The van der Waals surface area contributed by atoms with E-state index in [4.69, 9.17) is 9.84 Å². The first kappa shape index (κ1) is 26.5. The normalized spacial score (nSPS) is 9.81. The number of aliphatic hydroxyl groups is 1. The summed E-state index contributed by atoms with van der Waals surface area (Å²) in [6, 6.07) is 14.8. The van der Waals surface area contributed by atoms with Crippen LogP contribution >= 0.6 is 15.9 Å². The lowest BCUT2D eigenvalue weighted by Gasteiger charge is -2.16. The van der Waals surface area contributed by atoms with Gasteiger partial charge in [-0.2, -0.15) is 0 Å². The van der Waals surface area contributed by atoms with Gasteiger partial charge in [-0.25, -0.2) is 8.78 Å². The van der Waals surface area contributed by atoms with Gasteiger partial charge in [-0.1, -0.05) is 51.1 Å². The monoisotopic (exact) mass is 495 g/mol. The van der Waals surface area contributed by atoms with E-state index in [2.05, 4.69) is 15.9 Å². The van der Waals surface area contributed by atoms with E-state index in [1.807, 2.05) is 51.1 Å². The maximum absolute atomic E-state index is 13.8. The largest absolute Gasteiger partial charge is 0.487 e. The van der Waals surface area contributed by atoms with Crippen LogP contribution in [0.5, 0.6) is 5.75 Å². The summed E-state index contributed by atoms with van der Waals surface area (Å²) >= 11 is 3.30. The first-order valence-corrected chi connectivity index (χ1v) is 10.8. The van der Waals surface area contributed by atoms with E-state index in [1.54, 1.807) is 10.6 Å². The smallest absolute Gasteiger partial charge is 0.269 e. The number of ether oxygens (including phenoxy) is 1. The summed E-state index contributed by atoms with van der Waals surface area (Å²) in [5.74, 6) is -0.988. The molecular weight excluding hydrogens is 468 g/mol. The van der Waals surface area contributed by atoms with Crippen LogP contribution in [0.2, 0.25) is 0 Å². The Balaban J connectivity index is 0.00000113. The van der Waals surface area contributed by atoms with Gasteiger partial charge in [-0.3, -0.25) is 4.79 Å². The van der Waals surface area contributed by atoms with Crippen molar-refractivity contribution in [2.75, 3.05) is 7.11 Å². The fourth-order valence-corrected chi connectivity index (χ4v) is 3.22. The summed E-state index contributed by atoms with van der Waals surface area (Å²) in [4.78, 5) is 12.8. The molecule has 0 atom stereocenters. The highest BCUT2D eigenvalue weighted by Crippen LogP contribution is 2.25. The minimum Gasteiger partial charge on any atom is -0.487 e. The van der Waals surface area contributed by atoms with Crippen molar-refractivity contribution in [2.45, 2.75) is 40.3 Å². The summed E-state index contributed by atoms with van der Waals surface area (Å²) in [6.07, 6.45) is 0.636. The number of aromatic nitrogens is 1. The van der Waals surface area contributed by atoms with Crippen LogP contribution in [0.4, 0.5) is 8.78 Å². The number of hydrogen-bond donors (Lipinski definition) is 1. The van der Waals surface area contributed by atoms with E-state index >= 15 is 0 Å². The van der Waals surface area contributed by atoms with E-state index in [9.17, 15) is 13.6 Å².